The molecule has 0 saturated carbocycles. The van der Waals surface area contributed by atoms with Gasteiger partial charge in [0, 0.05) is 20.4 Å². The van der Waals surface area contributed by atoms with Crippen molar-refractivity contribution >= 4 is 61.7 Å². The van der Waals surface area contributed by atoms with Crippen LogP contribution in [0, 0.1) is 10.1 Å². The SMILES string of the molecule is O=C(CSc1nc2ccc(Cl)cc2c(-c2ccccc2)c1[N+](=O)[O-])c1ccc(Br)cc1. The average Bonchev–Trinajstić information content (AvgIpc) is 2.77. The van der Waals surface area contributed by atoms with Gasteiger partial charge < -0.3 is 0 Å². The van der Waals surface area contributed by atoms with Gasteiger partial charge in [0.05, 0.1) is 21.8 Å². The predicted octanol–water partition coefficient (Wildman–Crippen LogP) is 7.20. The lowest BCUT2D eigenvalue weighted by Gasteiger charge is -2.12. The molecule has 0 saturated heterocycles. The number of halogens is 2. The molecule has 0 radical (unpaired) electrons. The van der Waals surface area contributed by atoms with E-state index < -0.39 is 4.92 Å². The van der Waals surface area contributed by atoms with Crippen LogP contribution in [0.5, 0.6) is 0 Å². The smallest absolute Gasteiger partial charge is 0.293 e. The van der Waals surface area contributed by atoms with Crippen molar-refractivity contribution in [1.82, 2.24) is 4.98 Å². The molecule has 31 heavy (non-hydrogen) atoms. The monoisotopic (exact) mass is 512 g/mol. The Kier molecular flexibility index (Phi) is 6.36. The molecular weight excluding hydrogens is 500 g/mol. The molecule has 4 aromatic rings. The molecule has 0 aliphatic rings. The minimum Gasteiger partial charge on any atom is -0.293 e. The maximum absolute atomic E-state index is 12.6. The van der Waals surface area contributed by atoms with Gasteiger partial charge in [-0.2, -0.15) is 0 Å². The molecule has 0 unspecified atom stereocenters. The molecule has 0 spiro atoms. The van der Waals surface area contributed by atoms with Crippen molar-refractivity contribution in [1.29, 1.82) is 0 Å². The van der Waals surface area contributed by atoms with Gasteiger partial charge in [0.1, 0.15) is 0 Å². The summed E-state index contributed by atoms with van der Waals surface area (Å²) in [5, 5.41) is 13.4. The summed E-state index contributed by atoms with van der Waals surface area (Å²) in [4.78, 5) is 28.8. The summed E-state index contributed by atoms with van der Waals surface area (Å²) in [6.45, 7) is 0. The summed E-state index contributed by atoms with van der Waals surface area (Å²) in [7, 11) is 0. The summed E-state index contributed by atoms with van der Waals surface area (Å²) in [6, 6.07) is 21.2. The third-order valence-corrected chi connectivity index (χ3v) is 6.37. The zero-order valence-corrected chi connectivity index (χ0v) is 19.1. The van der Waals surface area contributed by atoms with Crippen molar-refractivity contribution in [2.24, 2.45) is 0 Å². The number of ketones is 1. The van der Waals surface area contributed by atoms with Crippen LogP contribution in [0.2, 0.25) is 5.02 Å². The second kappa shape index (κ2) is 9.18. The van der Waals surface area contributed by atoms with E-state index in [2.05, 4.69) is 20.9 Å². The Morgan fingerprint density at radius 2 is 1.77 bits per heavy atom. The van der Waals surface area contributed by atoms with Gasteiger partial charge in [0.15, 0.2) is 10.8 Å². The van der Waals surface area contributed by atoms with E-state index in [1.807, 2.05) is 30.3 Å². The summed E-state index contributed by atoms with van der Waals surface area (Å²) >= 11 is 10.6. The number of nitrogens with zero attached hydrogens (tertiary/aromatic N) is 2. The van der Waals surface area contributed by atoms with Gasteiger partial charge in [-0.15, -0.1) is 0 Å². The molecule has 1 aromatic heterocycles. The van der Waals surface area contributed by atoms with Crippen LogP contribution in [0.15, 0.2) is 82.3 Å². The zero-order chi connectivity index (χ0) is 22.0. The fourth-order valence-electron chi connectivity index (χ4n) is 3.22. The normalized spacial score (nSPS) is 10.9. The van der Waals surface area contributed by atoms with E-state index in [9.17, 15) is 14.9 Å². The van der Waals surface area contributed by atoms with E-state index >= 15 is 0 Å². The highest BCUT2D eigenvalue weighted by Crippen LogP contribution is 2.42. The number of benzene rings is 3. The summed E-state index contributed by atoms with van der Waals surface area (Å²) in [5.41, 5.74) is 2.11. The van der Waals surface area contributed by atoms with Gasteiger partial charge in [0.2, 0.25) is 0 Å². The van der Waals surface area contributed by atoms with Crippen LogP contribution in [0.4, 0.5) is 5.69 Å². The average molecular weight is 514 g/mol. The van der Waals surface area contributed by atoms with Crippen LogP contribution >= 0.6 is 39.3 Å². The Bertz CT molecular complexity index is 1300. The van der Waals surface area contributed by atoms with E-state index in [4.69, 9.17) is 11.6 Å². The molecule has 0 N–H and O–H groups in total. The number of nitro groups is 1. The van der Waals surface area contributed by atoms with Crippen molar-refractivity contribution in [3.63, 3.8) is 0 Å². The minimum absolute atomic E-state index is 0.0306. The third-order valence-electron chi connectivity index (χ3n) is 4.64. The number of rotatable bonds is 6. The Labute approximate surface area is 195 Å². The van der Waals surface area contributed by atoms with Gasteiger partial charge in [-0.25, -0.2) is 4.98 Å². The minimum atomic E-state index is -0.442. The van der Waals surface area contributed by atoms with Crippen LogP contribution in [0.1, 0.15) is 10.4 Å². The number of thioether (sulfide) groups is 1. The quantitative estimate of drug-likeness (QED) is 0.118. The van der Waals surface area contributed by atoms with Crippen molar-refractivity contribution in [3.05, 3.63) is 98.0 Å². The Hall–Kier alpha value is -2.74. The van der Waals surface area contributed by atoms with E-state index in [1.165, 1.54) is 0 Å². The van der Waals surface area contributed by atoms with Crippen molar-refractivity contribution in [2.45, 2.75) is 5.03 Å². The molecule has 5 nitrogen and oxygen atoms in total. The number of hydrogen-bond donors (Lipinski definition) is 0. The van der Waals surface area contributed by atoms with Gasteiger partial charge in [-0.1, -0.05) is 81.8 Å². The molecule has 0 atom stereocenters. The van der Waals surface area contributed by atoms with Crippen molar-refractivity contribution in [3.8, 4) is 11.1 Å². The fourth-order valence-corrected chi connectivity index (χ4v) is 4.57. The summed E-state index contributed by atoms with van der Waals surface area (Å²) in [6.07, 6.45) is 0. The largest absolute Gasteiger partial charge is 0.309 e. The van der Waals surface area contributed by atoms with Crippen molar-refractivity contribution < 1.29 is 9.72 Å². The molecule has 4 rings (SSSR count). The van der Waals surface area contributed by atoms with E-state index in [-0.39, 0.29) is 22.2 Å². The fraction of sp³-hybridized carbons (Fsp3) is 0.0435. The Morgan fingerprint density at radius 3 is 2.45 bits per heavy atom. The number of fused-ring (bicyclic) bond motifs is 1. The van der Waals surface area contributed by atoms with Gasteiger partial charge >= 0.3 is 5.69 Å². The van der Waals surface area contributed by atoms with Crippen LogP contribution in [0.3, 0.4) is 0 Å². The number of hydrogen-bond acceptors (Lipinski definition) is 5. The van der Waals surface area contributed by atoms with Crippen molar-refractivity contribution in [2.75, 3.05) is 5.75 Å². The first kappa shape index (κ1) is 21.5. The highest BCUT2D eigenvalue weighted by Gasteiger charge is 2.27. The second-order valence-electron chi connectivity index (χ2n) is 6.64. The van der Waals surface area contributed by atoms with Crippen LogP contribution < -0.4 is 0 Å². The molecule has 0 aliphatic heterocycles. The lowest BCUT2D eigenvalue weighted by Crippen LogP contribution is -2.04. The molecule has 154 valence electrons. The number of aromatic nitrogens is 1. The standard InChI is InChI=1S/C23H14BrClN2O3S/c24-16-8-6-14(7-9-16)20(28)13-31-23-22(27(29)30)21(15-4-2-1-3-5-15)18-12-17(25)10-11-19(18)26-23/h1-12H,13H2. The van der Waals surface area contributed by atoms with Gasteiger partial charge in [0.25, 0.3) is 0 Å². The van der Waals surface area contributed by atoms with Gasteiger partial charge in [-0.05, 0) is 35.9 Å². The summed E-state index contributed by atoms with van der Waals surface area (Å²) < 4.78 is 0.870. The zero-order valence-electron chi connectivity index (χ0n) is 15.9. The number of pyridine rings is 1. The first-order chi connectivity index (χ1) is 14.9. The topological polar surface area (TPSA) is 73.1 Å². The Morgan fingerprint density at radius 1 is 1.06 bits per heavy atom. The maximum atomic E-state index is 12.6. The highest BCUT2D eigenvalue weighted by molar-refractivity contribution is 9.10. The third kappa shape index (κ3) is 4.63. The van der Waals surface area contributed by atoms with Crippen LogP contribution in [0.25, 0.3) is 22.0 Å². The molecule has 8 heteroatoms. The first-order valence-corrected chi connectivity index (χ1v) is 11.3. The lowest BCUT2D eigenvalue weighted by atomic mass is 10.00. The van der Waals surface area contributed by atoms with Crippen LogP contribution in [-0.4, -0.2) is 21.4 Å². The molecule has 1 heterocycles. The lowest BCUT2D eigenvalue weighted by molar-refractivity contribution is -0.387. The molecule has 3 aromatic carbocycles. The van der Waals surface area contributed by atoms with Gasteiger partial charge in [-0.3, -0.25) is 14.9 Å². The predicted molar refractivity (Wildman–Crippen MR) is 128 cm³/mol. The van der Waals surface area contributed by atoms with E-state index in [0.29, 0.717) is 32.6 Å². The molecule has 0 aliphatic carbocycles. The van der Waals surface area contributed by atoms with E-state index in [1.54, 1.807) is 42.5 Å². The molecule has 0 amide bonds. The number of carbonyl (C=O) groups is 1. The number of carbonyl (C=O) groups excluding carboxylic acids is 1. The Balaban J connectivity index is 1.82. The maximum Gasteiger partial charge on any atom is 0.309 e. The van der Waals surface area contributed by atoms with E-state index in [0.717, 1.165) is 16.2 Å². The molecule has 0 bridgehead atoms. The molecular formula is C23H14BrClN2O3S. The molecule has 0 fully saturated rings. The van der Waals surface area contributed by atoms with Crippen LogP contribution in [-0.2, 0) is 0 Å². The second-order valence-corrected chi connectivity index (χ2v) is 8.96. The first-order valence-electron chi connectivity index (χ1n) is 9.18. The highest BCUT2D eigenvalue weighted by atomic mass is 79.9. The summed E-state index contributed by atoms with van der Waals surface area (Å²) in [5.74, 6) is -0.103. The number of Topliss-reactive ketones (excluding diaryl/α,β-unsaturated/α-hetero) is 1.